The molecule has 0 bridgehead atoms. The molecule has 0 unspecified atom stereocenters. The van der Waals surface area contributed by atoms with E-state index < -0.39 is 17.5 Å². The lowest BCUT2D eigenvalue weighted by atomic mass is 9.92. The summed E-state index contributed by atoms with van der Waals surface area (Å²) in [6.45, 7) is 1.53. The minimum absolute atomic E-state index is 0.120. The van der Waals surface area contributed by atoms with Crippen LogP contribution in [0.1, 0.15) is 18.4 Å². The Balaban J connectivity index is 1.58. The molecule has 7 nitrogen and oxygen atoms in total. The third-order valence-electron chi connectivity index (χ3n) is 4.56. The maximum Gasteiger partial charge on any atom is 0.325 e. The molecule has 1 atom stereocenters. The van der Waals surface area contributed by atoms with Crippen molar-refractivity contribution in [3.8, 4) is 11.5 Å². The molecule has 4 rings (SSSR count). The Labute approximate surface area is 173 Å². The lowest BCUT2D eigenvalue weighted by Crippen LogP contribution is -2.40. The number of carbonyl (C=O) groups is 2. The predicted molar refractivity (Wildman–Crippen MR) is 105 cm³/mol. The number of nitrogens with one attached hydrogen (secondary N) is 1. The zero-order chi connectivity index (χ0) is 19.9. The van der Waals surface area contributed by atoms with Crippen molar-refractivity contribution in [1.82, 2.24) is 20.4 Å². The van der Waals surface area contributed by atoms with Gasteiger partial charge < -0.3 is 9.73 Å². The van der Waals surface area contributed by atoms with E-state index in [9.17, 15) is 9.59 Å². The van der Waals surface area contributed by atoms with E-state index in [1.807, 2.05) is 24.3 Å². The predicted octanol–water partition coefficient (Wildman–Crippen LogP) is 4.12. The number of hydrogen-bond acceptors (Lipinski definition) is 5. The summed E-state index contributed by atoms with van der Waals surface area (Å²) in [6.07, 6.45) is 0. The maximum atomic E-state index is 13.0. The molecule has 0 aliphatic carbocycles. The molecule has 1 aromatic heterocycles. The first kappa shape index (κ1) is 18.6. The molecule has 1 N–H and O–H groups in total. The van der Waals surface area contributed by atoms with Crippen molar-refractivity contribution >= 4 is 39.5 Å². The van der Waals surface area contributed by atoms with Gasteiger partial charge in [0, 0.05) is 9.50 Å². The van der Waals surface area contributed by atoms with Crippen LogP contribution in [0.15, 0.2) is 57.4 Å². The lowest BCUT2D eigenvalue weighted by Gasteiger charge is -2.22. The van der Waals surface area contributed by atoms with Gasteiger partial charge in [0.25, 0.3) is 5.91 Å². The van der Waals surface area contributed by atoms with Crippen LogP contribution in [-0.4, -0.2) is 27.0 Å². The van der Waals surface area contributed by atoms with Gasteiger partial charge in [-0.15, -0.1) is 10.2 Å². The first-order valence-electron chi connectivity index (χ1n) is 8.36. The first-order valence-corrected chi connectivity index (χ1v) is 9.53. The average molecular weight is 462 g/mol. The Hall–Kier alpha value is -2.71. The molecule has 0 radical (unpaired) electrons. The van der Waals surface area contributed by atoms with E-state index in [4.69, 9.17) is 16.0 Å². The molecule has 1 aliphatic rings. The summed E-state index contributed by atoms with van der Waals surface area (Å²) in [5, 5.41) is 11.3. The van der Waals surface area contributed by atoms with Crippen LogP contribution in [0.3, 0.4) is 0 Å². The van der Waals surface area contributed by atoms with Crippen LogP contribution in [-0.2, 0) is 16.9 Å². The quantitative estimate of drug-likeness (QED) is 0.591. The van der Waals surface area contributed by atoms with Gasteiger partial charge in [-0.2, -0.15) is 0 Å². The molecule has 2 aromatic carbocycles. The average Bonchev–Trinajstić information content (AvgIpc) is 3.22. The summed E-state index contributed by atoms with van der Waals surface area (Å²) in [5.74, 6) is 0.0602. The van der Waals surface area contributed by atoms with Gasteiger partial charge in [-0.25, -0.2) is 4.79 Å². The third-order valence-corrected chi connectivity index (χ3v) is 5.50. The van der Waals surface area contributed by atoms with Crippen molar-refractivity contribution in [2.24, 2.45) is 0 Å². The molecular weight excluding hydrogens is 448 g/mol. The van der Waals surface area contributed by atoms with E-state index in [0.29, 0.717) is 16.5 Å². The second kappa shape index (κ2) is 7.03. The van der Waals surface area contributed by atoms with E-state index in [1.54, 1.807) is 31.2 Å². The number of nitrogens with zero attached hydrogens (tertiary/aromatic N) is 3. The monoisotopic (exact) mass is 460 g/mol. The number of carbonyl (C=O) groups excluding carboxylic acids is 2. The molecule has 3 amide bonds. The fourth-order valence-electron chi connectivity index (χ4n) is 3.02. The summed E-state index contributed by atoms with van der Waals surface area (Å²) in [5.41, 5.74) is 0.175. The van der Waals surface area contributed by atoms with Crippen molar-refractivity contribution in [2.45, 2.75) is 19.0 Å². The maximum absolute atomic E-state index is 13.0. The smallest absolute Gasteiger partial charge is 0.325 e. The summed E-state index contributed by atoms with van der Waals surface area (Å²) in [6, 6.07) is 13.6. The summed E-state index contributed by atoms with van der Waals surface area (Å²) < 4.78 is 6.46. The Morgan fingerprint density at radius 3 is 2.57 bits per heavy atom. The van der Waals surface area contributed by atoms with E-state index in [0.717, 1.165) is 14.9 Å². The van der Waals surface area contributed by atoms with Gasteiger partial charge in [-0.3, -0.25) is 9.69 Å². The van der Waals surface area contributed by atoms with E-state index in [2.05, 4.69) is 31.4 Å². The van der Waals surface area contributed by atoms with Crippen LogP contribution < -0.4 is 5.32 Å². The van der Waals surface area contributed by atoms with E-state index in [1.165, 1.54) is 0 Å². The van der Waals surface area contributed by atoms with Crippen LogP contribution in [0.25, 0.3) is 11.5 Å². The van der Waals surface area contributed by atoms with Crippen LogP contribution in [0.2, 0.25) is 5.02 Å². The molecule has 1 saturated heterocycles. The molecule has 1 fully saturated rings. The Morgan fingerprint density at radius 2 is 1.86 bits per heavy atom. The van der Waals surface area contributed by atoms with Crippen molar-refractivity contribution in [3.63, 3.8) is 0 Å². The van der Waals surface area contributed by atoms with Crippen molar-refractivity contribution in [2.75, 3.05) is 0 Å². The SMILES string of the molecule is C[C@]1(c2ccc(Cl)cc2)NC(=O)N(Cc2nnc(-c3ccccc3Br)o2)C1=O. The van der Waals surface area contributed by atoms with Crippen LogP contribution in [0, 0.1) is 0 Å². The minimum atomic E-state index is -1.19. The Kier molecular flexibility index (Phi) is 4.68. The van der Waals surface area contributed by atoms with Crippen molar-refractivity contribution in [1.29, 1.82) is 0 Å². The molecule has 0 spiro atoms. The van der Waals surface area contributed by atoms with Gasteiger partial charge in [-0.05, 0) is 52.7 Å². The van der Waals surface area contributed by atoms with Crippen LogP contribution >= 0.6 is 27.5 Å². The summed E-state index contributed by atoms with van der Waals surface area (Å²) >= 11 is 9.34. The molecule has 28 heavy (non-hydrogen) atoms. The summed E-state index contributed by atoms with van der Waals surface area (Å²) in [7, 11) is 0. The van der Waals surface area contributed by atoms with Gasteiger partial charge in [0.2, 0.25) is 11.8 Å². The highest BCUT2D eigenvalue weighted by Crippen LogP contribution is 2.31. The number of aromatic nitrogens is 2. The molecule has 3 aromatic rings. The fraction of sp³-hybridized carbons (Fsp3) is 0.158. The number of urea groups is 1. The number of rotatable bonds is 4. The van der Waals surface area contributed by atoms with E-state index in [-0.39, 0.29) is 12.4 Å². The van der Waals surface area contributed by atoms with Crippen molar-refractivity contribution < 1.29 is 14.0 Å². The molecule has 9 heteroatoms. The molecule has 2 heterocycles. The Morgan fingerprint density at radius 1 is 1.14 bits per heavy atom. The Bertz CT molecular complexity index is 1070. The molecule has 142 valence electrons. The van der Waals surface area contributed by atoms with Gasteiger partial charge in [-0.1, -0.05) is 35.9 Å². The topological polar surface area (TPSA) is 88.3 Å². The zero-order valence-electron chi connectivity index (χ0n) is 14.6. The van der Waals surface area contributed by atoms with Gasteiger partial charge in [0.15, 0.2) is 0 Å². The molecular formula is C19H14BrClN4O3. The third kappa shape index (κ3) is 3.18. The zero-order valence-corrected chi connectivity index (χ0v) is 17.0. The molecule has 1 aliphatic heterocycles. The number of halogens is 2. The second-order valence-corrected chi connectivity index (χ2v) is 7.72. The number of benzene rings is 2. The van der Waals surface area contributed by atoms with Gasteiger partial charge >= 0.3 is 6.03 Å². The number of amides is 3. The number of hydrogen-bond donors (Lipinski definition) is 1. The largest absolute Gasteiger partial charge is 0.419 e. The van der Waals surface area contributed by atoms with Crippen LogP contribution in [0.5, 0.6) is 0 Å². The van der Waals surface area contributed by atoms with Gasteiger partial charge in [0.1, 0.15) is 12.1 Å². The minimum Gasteiger partial charge on any atom is -0.419 e. The second-order valence-electron chi connectivity index (χ2n) is 6.43. The molecule has 0 saturated carbocycles. The fourth-order valence-corrected chi connectivity index (χ4v) is 3.60. The highest BCUT2D eigenvalue weighted by molar-refractivity contribution is 9.10. The highest BCUT2D eigenvalue weighted by Gasteiger charge is 2.49. The first-order chi connectivity index (χ1) is 13.4. The van der Waals surface area contributed by atoms with Gasteiger partial charge in [0.05, 0.1) is 5.56 Å². The van der Waals surface area contributed by atoms with E-state index >= 15 is 0 Å². The highest BCUT2D eigenvalue weighted by atomic mass is 79.9. The van der Waals surface area contributed by atoms with Crippen LogP contribution in [0.4, 0.5) is 4.79 Å². The lowest BCUT2D eigenvalue weighted by molar-refractivity contribution is -0.131. The standard InChI is InChI=1S/C19H14BrClN4O3/c1-19(11-6-8-12(21)9-7-11)17(26)25(18(27)22-19)10-15-23-24-16(28-15)13-4-2-3-5-14(13)20/h2-9H,10H2,1H3,(H,22,27)/t19-/m1/s1. The van der Waals surface area contributed by atoms with Crippen molar-refractivity contribution in [3.05, 3.63) is 69.5 Å². The summed E-state index contributed by atoms with van der Waals surface area (Å²) in [4.78, 5) is 26.5. The number of imide groups is 1. The normalized spacial score (nSPS) is 19.2.